The normalized spacial score (nSPS) is 17.1. The molecule has 0 bridgehead atoms. The van der Waals surface area contributed by atoms with Crippen LogP contribution in [0, 0.1) is 6.92 Å². The fourth-order valence-corrected chi connectivity index (χ4v) is 5.13. The number of sulfonamides is 1. The molecule has 1 saturated heterocycles. The van der Waals surface area contributed by atoms with Gasteiger partial charge in [-0.3, -0.25) is 4.79 Å². The van der Waals surface area contributed by atoms with Gasteiger partial charge in [0, 0.05) is 17.3 Å². The standard InChI is InChI=1S/C20H21ClN2O5S/c1-13-16(20(25)28-2)5-3-6-17(13)22-19(24)18-7-4-12-23(18)29(26,27)15-10-8-14(21)9-11-15/h3,5-6,8-11,18H,4,7,12H2,1-2H3,(H,22,24)/t18-/m0/s1. The number of hydrogen-bond donors (Lipinski definition) is 1. The molecule has 1 aliphatic rings. The third-order valence-corrected chi connectivity index (χ3v) is 7.10. The van der Waals surface area contributed by atoms with Gasteiger partial charge in [0.25, 0.3) is 0 Å². The minimum Gasteiger partial charge on any atom is -0.465 e. The van der Waals surface area contributed by atoms with E-state index < -0.39 is 27.9 Å². The molecule has 1 N–H and O–H groups in total. The molecule has 0 saturated carbocycles. The number of hydrogen-bond acceptors (Lipinski definition) is 5. The van der Waals surface area contributed by atoms with Crippen molar-refractivity contribution in [1.29, 1.82) is 0 Å². The van der Waals surface area contributed by atoms with Crippen molar-refractivity contribution in [3.63, 3.8) is 0 Å². The summed E-state index contributed by atoms with van der Waals surface area (Å²) >= 11 is 5.85. The minimum absolute atomic E-state index is 0.0884. The highest BCUT2D eigenvalue weighted by atomic mass is 35.5. The lowest BCUT2D eigenvalue weighted by molar-refractivity contribution is -0.119. The number of methoxy groups -OCH3 is 1. The molecule has 3 rings (SSSR count). The maximum atomic E-state index is 13.0. The maximum Gasteiger partial charge on any atom is 0.338 e. The summed E-state index contributed by atoms with van der Waals surface area (Å²) in [5.74, 6) is -0.948. The van der Waals surface area contributed by atoms with Crippen molar-refractivity contribution in [2.45, 2.75) is 30.7 Å². The highest BCUT2D eigenvalue weighted by Crippen LogP contribution is 2.28. The van der Waals surface area contributed by atoms with Crippen LogP contribution in [0.5, 0.6) is 0 Å². The van der Waals surface area contributed by atoms with E-state index in [9.17, 15) is 18.0 Å². The topological polar surface area (TPSA) is 92.8 Å². The predicted octanol–water partition coefficient (Wildman–Crippen LogP) is 3.23. The first-order valence-electron chi connectivity index (χ1n) is 9.02. The number of esters is 1. The number of nitrogens with zero attached hydrogens (tertiary/aromatic N) is 1. The SMILES string of the molecule is COC(=O)c1cccc(NC(=O)[C@@H]2CCCN2S(=O)(=O)c2ccc(Cl)cc2)c1C. The summed E-state index contributed by atoms with van der Waals surface area (Å²) in [5.41, 5.74) is 1.33. The van der Waals surface area contributed by atoms with Gasteiger partial charge in [-0.15, -0.1) is 0 Å². The molecule has 1 fully saturated rings. The van der Waals surface area contributed by atoms with Crippen LogP contribution in [-0.2, 0) is 19.6 Å². The fraction of sp³-hybridized carbons (Fsp3) is 0.300. The van der Waals surface area contributed by atoms with Gasteiger partial charge in [0.05, 0.1) is 17.6 Å². The van der Waals surface area contributed by atoms with E-state index in [4.69, 9.17) is 16.3 Å². The van der Waals surface area contributed by atoms with Crippen molar-refractivity contribution >= 4 is 39.2 Å². The van der Waals surface area contributed by atoms with E-state index in [-0.39, 0.29) is 11.4 Å². The minimum atomic E-state index is -3.84. The molecule has 7 nitrogen and oxygen atoms in total. The van der Waals surface area contributed by atoms with Crippen LogP contribution in [-0.4, -0.2) is 44.3 Å². The number of nitrogens with one attached hydrogen (secondary N) is 1. The van der Waals surface area contributed by atoms with Gasteiger partial charge in [-0.25, -0.2) is 13.2 Å². The first-order valence-corrected chi connectivity index (χ1v) is 10.8. The Kier molecular flexibility index (Phi) is 6.26. The molecule has 0 unspecified atom stereocenters. The van der Waals surface area contributed by atoms with Crippen LogP contribution in [0.15, 0.2) is 47.4 Å². The summed E-state index contributed by atoms with van der Waals surface area (Å²) in [6.45, 7) is 1.95. The van der Waals surface area contributed by atoms with Crippen LogP contribution < -0.4 is 5.32 Å². The van der Waals surface area contributed by atoms with Gasteiger partial charge in [0.15, 0.2) is 0 Å². The Morgan fingerprint density at radius 2 is 1.86 bits per heavy atom. The molecular weight excluding hydrogens is 416 g/mol. The summed E-state index contributed by atoms with van der Waals surface area (Å²) in [4.78, 5) is 24.9. The number of amides is 1. The predicted molar refractivity (Wildman–Crippen MR) is 110 cm³/mol. The molecule has 0 radical (unpaired) electrons. The molecule has 154 valence electrons. The highest BCUT2D eigenvalue weighted by molar-refractivity contribution is 7.89. The van der Waals surface area contributed by atoms with E-state index in [1.165, 1.54) is 35.7 Å². The molecule has 1 amide bonds. The smallest absolute Gasteiger partial charge is 0.338 e. The van der Waals surface area contributed by atoms with E-state index in [2.05, 4.69) is 5.32 Å². The second-order valence-electron chi connectivity index (χ2n) is 6.69. The van der Waals surface area contributed by atoms with Crippen molar-refractivity contribution in [1.82, 2.24) is 4.31 Å². The average molecular weight is 437 g/mol. The summed E-state index contributed by atoms with van der Waals surface area (Å²) < 4.78 is 32.0. The van der Waals surface area contributed by atoms with Gasteiger partial charge in [-0.1, -0.05) is 17.7 Å². The molecule has 1 aliphatic heterocycles. The molecule has 1 heterocycles. The highest BCUT2D eigenvalue weighted by Gasteiger charge is 2.39. The van der Waals surface area contributed by atoms with E-state index in [0.29, 0.717) is 34.7 Å². The molecular formula is C20H21ClN2O5S. The molecule has 9 heteroatoms. The van der Waals surface area contributed by atoms with Crippen molar-refractivity contribution in [2.75, 3.05) is 19.0 Å². The van der Waals surface area contributed by atoms with E-state index >= 15 is 0 Å². The number of anilines is 1. The Balaban J connectivity index is 1.84. The molecule has 1 atom stereocenters. The first kappa shape index (κ1) is 21.3. The van der Waals surface area contributed by atoms with Crippen molar-refractivity contribution < 1.29 is 22.7 Å². The summed E-state index contributed by atoms with van der Waals surface area (Å²) in [7, 11) is -2.56. The largest absolute Gasteiger partial charge is 0.465 e. The van der Waals surface area contributed by atoms with Crippen molar-refractivity contribution in [2.24, 2.45) is 0 Å². The van der Waals surface area contributed by atoms with Gasteiger partial charge in [0.1, 0.15) is 6.04 Å². The Bertz CT molecular complexity index is 1040. The van der Waals surface area contributed by atoms with Crippen LogP contribution in [0.4, 0.5) is 5.69 Å². The molecule has 2 aromatic rings. The second-order valence-corrected chi connectivity index (χ2v) is 9.01. The number of carbonyl (C=O) groups is 2. The third kappa shape index (κ3) is 4.29. The maximum absolute atomic E-state index is 13.0. The summed E-state index contributed by atoms with van der Waals surface area (Å²) in [6, 6.07) is 9.91. The lowest BCUT2D eigenvalue weighted by Crippen LogP contribution is -2.43. The Hall–Kier alpha value is -2.42. The number of benzene rings is 2. The van der Waals surface area contributed by atoms with Crippen LogP contribution in [0.1, 0.15) is 28.8 Å². The van der Waals surface area contributed by atoms with Gasteiger partial charge in [-0.2, -0.15) is 4.31 Å². The van der Waals surface area contributed by atoms with Crippen LogP contribution in [0.3, 0.4) is 0 Å². The molecule has 0 aliphatic carbocycles. The van der Waals surface area contributed by atoms with Crippen molar-refractivity contribution in [3.8, 4) is 0 Å². The van der Waals surface area contributed by atoms with Crippen molar-refractivity contribution in [3.05, 3.63) is 58.6 Å². The lowest BCUT2D eigenvalue weighted by Gasteiger charge is -2.24. The zero-order chi connectivity index (χ0) is 21.2. The van der Waals surface area contributed by atoms with Crippen LogP contribution in [0.25, 0.3) is 0 Å². The Labute approximate surface area is 174 Å². The summed E-state index contributed by atoms with van der Waals surface area (Å²) in [5, 5.41) is 3.19. The Morgan fingerprint density at radius 1 is 1.17 bits per heavy atom. The quantitative estimate of drug-likeness (QED) is 0.726. The lowest BCUT2D eigenvalue weighted by atomic mass is 10.1. The van der Waals surface area contributed by atoms with E-state index in [0.717, 1.165) is 0 Å². The van der Waals surface area contributed by atoms with E-state index in [1.54, 1.807) is 25.1 Å². The summed E-state index contributed by atoms with van der Waals surface area (Å²) in [6.07, 6.45) is 0.987. The Morgan fingerprint density at radius 3 is 2.52 bits per heavy atom. The fourth-order valence-electron chi connectivity index (χ4n) is 3.35. The molecule has 2 aromatic carbocycles. The van der Waals surface area contributed by atoms with Gasteiger partial charge in [-0.05, 0) is 61.7 Å². The van der Waals surface area contributed by atoms with E-state index in [1.807, 2.05) is 0 Å². The monoisotopic (exact) mass is 436 g/mol. The number of rotatable bonds is 5. The number of carbonyl (C=O) groups excluding carboxylic acids is 2. The third-order valence-electron chi connectivity index (χ3n) is 4.92. The zero-order valence-electron chi connectivity index (χ0n) is 16.0. The number of halogens is 1. The second kappa shape index (κ2) is 8.52. The number of ether oxygens (including phenoxy) is 1. The van der Waals surface area contributed by atoms with Gasteiger partial charge >= 0.3 is 5.97 Å². The average Bonchev–Trinajstić information content (AvgIpc) is 3.20. The first-order chi connectivity index (χ1) is 13.8. The van der Waals surface area contributed by atoms with Gasteiger partial charge < -0.3 is 10.1 Å². The molecule has 0 spiro atoms. The molecule has 29 heavy (non-hydrogen) atoms. The van der Waals surface area contributed by atoms with Gasteiger partial charge in [0.2, 0.25) is 15.9 Å². The zero-order valence-corrected chi connectivity index (χ0v) is 17.6. The molecule has 0 aromatic heterocycles. The van der Waals surface area contributed by atoms with Crippen LogP contribution in [0.2, 0.25) is 5.02 Å². The van der Waals surface area contributed by atoms with Crippen LogP contribution >= 0.6 is 11.6 Å².